The molecule has 2 aliphatic rings. The van der Waals surface area contributed by atoms with Crippen LogP contribution >= 0.6 is 11.8 Å². The summed E-state index contributed by atoms with van der Waals surface area (Å²) in [7, 11) is 0. The van der Waals surface area contributed by atoms with Crippen molar-refractivity contribution >= 4 is 23.4 Å². The monoisotopic (exact) mass is 435 g/mol. The van der Waals surface area contributed by atoms with E-state index in [1.807, 2.05) is 17.0 Å². The van der Waals surface area contributed by atoms with Crippen molar-refractivity contribution in [3.63, 3.8) is 0 Å². The van der Waals surface area contributed by atoms with Crippen LogP contribution in [0, 0.1) is 6.92 Å². The third-order valence-electron chi connectivity index (χ3n) is 5.80. The first-order valence-corrected chi connectivity index (χ1v) is 11.7. The molecule has 1 saturated heterocycles. The molecule has 7 nitrogen and oxygen atoms in total. The van der Waals surface area contributed by atoms with E-state index in [1.165, 1.54) is 23.0 Å². The van der Waals surface area contributed by atoms with E-state index >= 15 is 0 Å². The maximum Gasteiger partial charge on any atom is 0.233 e. The molecule has 5 rings (SSSR count). The lowest BCUT2D eigenvalue weighted by Crippen LogP contribution is -2.49. The van der Waals surface area contributed by atoms with Crippen LogP contribution in [0.1, 0.15) is 30.2 Å². The molecule has 0 unspecified atom stereocenters. The Morgan fingerprint density at radius 2 is 1.94 bits per heavy atom. The predicted octanol–water partition coefficient (Wildman–Crippen LogP) is 3.76. The normalized spacial score (nSPS) is 16.5. The lowest BCUT2D eigenvalue weighted by Gasteiger charge is -2.36. The van der Waals surface area contributed by atoms with E-state index in [-0.39, 0.29) is 5.91 Å². The van der Waals surface area contributed by atoms with Gasteiger partial charge in [0.1, 0.15) is 5.03 Å². The van der Waals surface area contributed by atoms with Gasteiger partial charge in [0.15, 0.2) is 0 Å². The number of hydrogen-bond donors (Lipinski definition) is 0. The molecular formula is C23H25N5O2S. The van der Waals surface area contributed by atoms with E-state index in [2.05, 4.69) is 51.2 Å². The Hall–Kier alpha value is -2.87. The van der Waals surface area contributed by atoms with Crippen molar-refractivity contribution in [2.75, 3.05) is 36.8 Å². The Morgan fingerprint density at radius 1 is 1.13 bits per heavy atom. The summed E-state index contributed by atoms with van der Waals surface area (Å²) in [6.07, 6.45) is 3.96. The first kappa shape index (κ1) is 20.1. The number of para-hydroxylation sites is 1. The third-order valence-corrected chi connectivity index (χ3v) is 6.79. The van der Waals surface area contributed by atoms with Crippen molar-refractivity contribution in [2.45, 2.75) is 30.7 Å². The highest BCUT2D eigenvalue weighted by Crippen LogP contribution is 2.40. The number of benzene rings is 1. The van der Waals surface area contributed by atoms with Crippen molar-refractivity contribution in [3.8, 4) is 11.4 Å². The Bertz CT molecular complexity index is 1070. The highest BCUT2D eigenvalue weighted by Gasteiger charge is 2.30. The number of anilines is 1. The molecule has 8 heteroatoms. The van der Waals surface area contributed by atoms with Gasteiger partial charge in [0.25, 0.3) is 0 Å². The molecule has 2 aromatic heterocycles. The van der Waals surface area contributed by atoms with Crippen molar-refractivity contribution in [1.29, 1.82) is 0 Å². The average Bonchev–Trinajstić information content (AvgIpc) is 3.55. The molecule has 0 bridgehead atoms. The number of piperazine rings is 1. The molecule has 1 amide bonds. The molecule has 1 saturated carbocycles. The molecule has 160 valence electrons. The third kappa shape index (κ3) is 4.44. The number of rotatable bonds is 6. The van der Waals surface area contributed by atoms with Gasteiger partial charge < -0.3 is 14.3 Å². The number of hydrogen-bond acceptors (Lipinski definition) is 7. The summed E-state index contributed by atoms with van der Waals surface area (Å²) in [4.78, 5) is 26.1. The fourth-order valence-corrected chi connectivity index (χ4v) is 4.75. The molecule has 0 spiro atoms. The molecule has 31 heavy (non-hydrogen) atoms. The van der Waals surface area contributed by atoms with Crippen LogP contribution in [0.5, 0.6) is 0 Å². The van der Waals surface area contributed by atoms with E-state index in [0.717, 1.165) is 49.6 Å². The minimum Gasteiger partial charge on any atom is -0.368 e. The fourth-order valence-electron chi connectivity index (χ4n) is 3.85. The fraction of sp³-hybridized carbons (Fsp3) is 0.391. The number of carbonyl (C=O) groups excluding carboxylic acids is 1. The highest BCUT2D eigenvalue weighted by atomic mass is 32.2. The zero-order valence-corrected chi connectivity index (χ0v) is 18.3. The average molecular weight is 436 g/mol. The minimum absolute atomic E-state index is 0.137. The summed E-state index contributed by atoms with van der Waals surface area (Å²) in [5.74, 6) is 2.16. The zero-order valence-electron chi connectivity index (χ0n) is 17.5. The minimum atomic E-state index is 0.137. The van der Waals surface area contributed by atoms with Crippen molar-refractivity contribution < 1.29 is 9.32 Å². The molecule has 0 radical (unpaired) electrons. The van der Waals surface area contributed by atoms with Crippen LogP contribution in [-0.2, 0) is 4.79 Å². The second-order valence-corrected chi connectivity index (χ2v) is 8.99. The lowest BCUT2D eigenvalue weighted by atomic mass is 10.1. The maximum atomic E-state index is 12.8. The van der Waals surface area contributed by atoms with Gasteiger partial charge in [-0.1, -0.05) is 35.1 Å². The molecule has 3 aromatic rings. The van der Waals surface area contributed by atoms with E-state index in [0.29, 0.717) is 23.4 Å². The van der Waals surface area contributed by atoms with E-state index in [4.69, 9.17) is 4.52 Å². The standard InChI is InChI=1S/C23H25N5O2S/c1-16-5-2-3-7-19(16)27-11-13-28(14-12-27)20(29)15-31-23-18(6-4-10-24-23)21-25-22(30-26-21)17-8-9-17/h2-7,10,17H,8-9,11-15H2,1H3. The Kier molecular flexibility index (Phi) is 5.63. The van der Waals surface area contributed by atoms with Gasteiger partial charge in [-0.05, 0) is 43.5 Å². The summed E-state index contributed by atoms with van der Waals surface area (Å²) in [5, 5.41) is 4.89. The van der Waals surface area contributed by atoms with Crippen molar-refractivity contribution in [1.82, 2.24) is 20.0 Å². The molecule has 1 aliphatic carbocycles. The number of aromatic nitrogens is 3. The summed E-state index contributed by atoms with van der Waals surface area (Å²) in [5.41, 5.74) is 3.35. The second-order valence-electron chi connectivity index (χ2n) is 8.03. The maximum absolute atomic E-state index is 12.8. The van der Waals surface area contributed by atoms with Crippen LogP contribution in [0.25, 0.3) is 11.4 Å². The van der Waals surface area contributed by atoms with Crippen molar-refractivity contribution in [3.05, 3.63) is 54.0 Å². The summed E-state index contributed by atoms with van der Waals surface area (Å²) < 4.78 is 5.40. The van der Waals surface area contributed by atoms with E-state index in [9.17, 15) is 4.79 Å². The van der Waals surface area contributed by atoms with Gasteiger partial charge in [0.05, 0.1) is 11.3 Å². The van der Waals surface area contributed by atoms with Gasteiger partial charge in [-0.3, -0.25) is 4.79 Å². The van der Waals surface area contributed by atoms with Gasteiger partial charge in [-0.2, -0.15) is 4.98 Å². The molecule has 0 atom stereocenters. The van der Waals surface area contributed by atoms with Gasteiger partial charge in [-0.25, -0.2) is 4.98 Å². The molecular weight excluding hydrogens is 410 g/mol. The van der Waals surface area contributed by atoms with Gasteiger partial charge in [0, 0.05) is 44.0 Å². The van der Waals surface area contributed by atoms with Crippen LogP contribution in [0.3, 0.4) is 0 Å². The zero-order chi connectivity index (χ0) is 21.2. The van der Waals surface area contributed by atoms with Gasteiger partial charge >= 0.3 is 0 Å². The van der Waals surface area contributed by atoms with Gasteiger partial charge in [0.2, 0.25) is 17.6 Å². The quantitative estimate of drug-likeness (QED) is 0.546. The molecule has 2 fully saturated rings. The topological polar surface area (TPSA) is 75.4 Å². The smallest absolute Gasteiger partial charge is 0.233 e. The second kappa shape index (κ2) is 8.70. The van der Waals surface area contributed by atoms with Crippen LogP contribution in [-0.4, -0.2) is 57.9 Å². The Labute approximate surface area is 185 Å². The van der Waals surface area contributed by atoms with E-state index < -0.39 is 0 Å². The molecule has 0 N–H and O–H groups in total. The number of nitrogens with zero attached hydrogens (tertiary/aromatic N) is 5. The summed E-state index contributed by atoms with van der Waals surface area (Å²) >= 11 is 1.44. The summed E-state index contributed by atoms with van der Waals surface area (Å²) in [6, 6.07) is 12.2. The van der Waals surface area contributed by atoms with Crippen LogP contribution < -0.4 is 4.90 Å². The van der Waals surface area contributed by atoms with E-state index in [1.54, 1.807) is 6.20 Å². The Balaban J connectivity index is 1.19. The Morgan fingerprint density at radius 3 is 2.71 bits per heavy atom. The highest BCUT2D eigenvalue weighted by molar-refractivity contribution is 8.00. The molecule has 3 heterocycles. The number of pyridine rings is 1. The largest absolute Gasteiger partial charge is 0.368 e. The van der Waals surface area contributed by atoms with Crippen molar-refractivity contribution in [2.24, 2.45) is 0 Å². The van der Waals surface area contributed by atoms with Gasteiger partial charge in [-0.15, -0.1) is 0 Å². The first-order valence-electron chi connectivity index (χ1n) is 10.7. The number of thioether (sulfide) groups is 1. The first-order chi connectivity index (χ1) is 15.2. The van der Waals surface area contributed by atoms with Crippen LogP contribution in [0.2, 0.25) is 0 Å². The molecule has 1 aromatic carbocycles. The number of carbonyl (C=O) groups is 1. The summed E-state index contributed by atoms with van der Waals surface area (Å²) in [6.45, 7) is 5.30. The van der Waals surface area contributed by atoms with Crippen LogP contribution in [0.4, 0.5) is 5.69 Å². The predicted molar refractivity (Wildman–Crippen MR) is 120 cm³/mol. The lowest BCUT2D eigenvalue weighted by molar-refractivity contribution is -0.128. The number of amides is 1. The van der Waals surface area contributed by atoms with Crippen LogP contribution in [0.15, 0.2) is 52.1 Å². The SMILES string of the molecule is Cc1ccccc1N1CCN(C(=O)CSc2ncccc2-c2noc(C3CC3)n2)CC1. The number of aryl methyl sites for hydroxylation is 1. The molecule has 1 aliphatic heterocycles.